The first-order valence-electron chi connectivity index (χ1n) is 7.15. The molecule has 0 aromatic heterocycles. The van der Waals surface area contributed by atoms with Crippen LogP contribution in [-0.4, -0.2) is 17.7 Å². The Morgan fingerprint density at radius 3 is 1.88 bits per heavy atom. The van der Waals surface area contributed by atoms with E-state index in [0.29, 0.717) is 22.1 Å². The van der Waals surface area contributed by atoms with Gasteiger partial charge >= 0.3 is 0 Å². The Bertz CT molecular complexity index is 777. The zero-order chi connectivity index (χ0) is 17.5. The van der Waals surface area contributed by atoms with Gasteiger partial charge in [0.2, 0.25) is 17.7 Å². The summed E-state index contributed by atoms with van der Waals surface area (Å²) in [4.78, 5) is 34.8. The molecular weight excluding hydrogens is 330 g/mol. The zero-order valence-corrected chi connectivity index (χ0v) is 13.7. The minimum atomic E-state index is -0.463. The predicted molar refractivity (Wildman–Crippen MR) is 94.1 cm³/mol. The quantitative estimate of drug-likeness (QED) is 0.727. The van der Waals surface area contributed by atoms with E-state index in [1.165, 1.54) is 6.92 Å². The van der Waals surface area contributed by atoms with Gasteiger partial charge < -0.3 is 16.0 Å². The topological polar surface area (TPSA) is 87.3 Å². The lowest BCUT2D eigenvalue weighted by atomic mass is 10.2. The molecule has 6 nitrogen and oxygen atoms in total. The summed E-state index contributed by atoms with van der Waals surface area (Å²) in [5, 5.41) is 8.31. The van der Waals surface area contributed by atoms with E-state index in [0.717, 1.165) is 0 Å². The van der Waals surface area contributed by atoms with Crippen molar-refractivity contribution in [2.75, 3.05) is 16.0 Å². The minimum absolute atomic E-state index is 0.209. The standard InChI is InChI=1S/C17H16ClN3O3/c1-11(22)19-14-6-3-7-15(9-14)21-17(24)10-16(23)20-13-5-2-4-12(18)8-13/h2-9H,10H2,1H3,(H,19,22)(H,20,23)(H,21,24). The molecule has 0 unspecified atom stereocenters. The molecule has 2 rings (SSSR count). The average molecular weight is 346 g/mol. The van der Waals surface area contributed by atoms with Crippen LogP contribution in [0.3, 0.4) is 0 Å². The summed E-state index contributed by atoms with van der Waals surface area (Å²) < 4.78 is 0. The molecule has 3 N–H and O–H groups in total. The first-order valence-corrected chi connectivity index (χ1v) is 7.53. The highest BCUT2D eigenvalue weighted by molar-refractivity contribution is 6.30. The maximum absolute atomic E-state index is 11.9. The molecule has 7 heteroatoms. The Hall–Kier alpha value is -2.86. The summed E-state index contributed by atoms with van der Waals surface area (Å²) in [6.07, 6.45) is -0.336. The molecule has 0 heterocycles. The fourth-order valence-electron chi connectivity index (χ4n) is 2.00. The molecule has 124 valence electrons. The highest BCUT2D eigenvalue weighted by Crippen LogP contribution is 2.16. The molecular formula is C17H16ClN3O3. The molecule has 0 aliphatic carbocycles. The van der Waals surface area contributed by atoms with Crippen molar-refractivity contribution in [2.24, 2.45) is 0 Å². The van der Waals surface area contributed by atoms with Crippen LogP contribution in [0.2, 0.25) is 5.02 Å². The largest absolute Gasteiger partial charge is 0.326 e. The number of rotatable bonds is 5. The third-order valence-corrected chi connectivity index (χ3v) is 3.13. The van der Waals surface area contributed by atoms with Gasteiger partial charge in [-0.1, -0.05) is 23.7 Å². The Kier molecular flexibility index (Phi) is 5.92. The van der Waals surface area contributed by atoms with Crippen molar-refractivity contribution in [3.63, 3.8) is 0 Å². The van der Waals surface area contributed by atoms with Crippen LogP contribution >= 0.6 is 11.6 Å². The second kappa shape index (κ2) is 8.12. The Balaban J connectivity index is 1.90. The third-order valence-electron chi connectivity index (χ3n) is 2.90. The molecule has 24 heavy (non-hydrogen) atoms. The van der Waals surface area contributed by atoms with E-state index in [9.17, 15) is 14.4 Å². The number of anilines is 3. The van der Waals surface area contributed by atoms with Crippen molar-refractivity contribution in [3.8, 4) is 0 Å². The van der Waals surface area contributed by atoms with E-state index in [1.807, 2.05) is 0 Å². The third kappa shape index (κ3) is 5.73. The van der Waals surface area contributed by atoms with Crippen molar-refractivity contribution in [1.29, 1.82) is 0 Å². The monoisotopic (exact) mass is 345 g/mol. The van der Waals surface area contributed by atoms with Crippen LogP contribution in [0, 0.1) is 0 Å². The Labute approximate surface area is 144 Å². The van der Waals surface area contributed by atoms with Gasteiger partial charge in [0.1, 0.15) is 6.42 Å². The van der Waals surface area contributed by atoms with E-state index < -0.39 is 11.8 Å². The van der Waals surface area contributed by atoms with Crippen molar-refractivity contribution < 1.29 is 14.4 Å². The Morgan fingerprint density at radius 2 is 1.33 bits per heavy atom. The summed E-state index contributed by atoms with van der Waals surface area (Å²) in [6, 6.07) is 13.3. The lowest BCUT2D eigenvalue weighted by Crippen LogP contribution is -2.21. The van der Waals surface area contributed by atoms with Crippen LogP contribution in [0.25, 0.3) is 0 Å². The summed E-state index contributed by atoms with van der Waals surface area (Å²) in [5.74, 6) is -1.12. The first-order chi connectivity index (χ1) is 11.4. The fraction of sp³-hybridized carbons (Fsp3) is 0.118. The second-order valence-electron chi connectivity index (χ2n) is 5.05. The van der Waals surface area contributed by atoms with Gasteiger partial charge in [-0.25, -0.2) is 0 Å². The minimum Gasteiger partial charge on any atom is -0.326 e. The maximum atomic E-state index is 11.9. The lowest BCUT2D eigenvalue weighted by Gasteiger charge is -2.08. The van der Waals surface area contributed by atoms with Gasteiger partial charge in [-0.2, -0.15) is 0 Å². The van der Waals surface area contributed by atoms with Gasteiger partial charge in [-0.05, 0) is 36.4 Å². The molecule has 2 aromatic carbocycles. The van der Waals surface area contributed by atoms with Crippen LogP contribution in [0.15, 0.2) is 48.5 Å². The van der Waals surface area contributed by atoms with Crippen LogP contribution in [0.1, 0.15) is 13.3 Å². The van der Waals surface area contributed by atoms with Gasteiger partial charge in [0.15, 0.2) is 0 Å². The molecule has 0 fully saturated rings. The van der Waals surface area contributed by atoms with Crippen molar-refractivity contribution in [2.45, 2.75) is 13.3 Å². The molecule has 0 aliphatic rings. The van der Waals surface area contributed by atoms with Gasteiger partial charge in [0.05, 0.1) is 0 Å². The van der Waals surface area contributed by atoms with Crippen LogP contribution in [-0.2, 0) is 14.4 Å². The average Bonchev–Trinajstić information content (AvgIpc) is 2.46. The fourth-order valence-corrected chi connectivity index (χ4v) is 2.19. The van der Waals surface area contributed by atoms with E-state index in [-0.39, 0.29) is 12.3 Å². The summed E-state index contributed by atoms with van der Waals surface area (Å²) in [5.41, 5.74) is 1.57. The molecule has 3 amide bonds. The van der Waals surface area contributed by atoms with Crippen LogP contribution in [0.4, 0.5) is 17.1 Å². The maximum Gasteiger partial charge on any atom is 0.233 e. The molecule has 0 saturated heterocycles. The number of carbonyl (C=O) groups excluding carboxylic acids is 3. The van der Waals surface area contributed by atoms with Crippen LogP contribution in [0.5, 0.6) is 0 Å². The zero-order valence-electron chi connectivity index (χ0n) is 12.9. The van der Waals surface area contributed by atoms with Gasteiger partial charge in [0, 0.05) is 29.0 Å². The predicted octanol–water partition coefficient (Wildman–Crippen LogP) is 3.27. The molecule has 0 aliphatic heterocycles. The number of carbonyl (C=O) groups is 3. The number of amides is 3. The van der Waals surface area contributed by atoms with E-state index in [1.54, 1.807) is 48.5 Å². The molecule has 0 saturated carbocycles. The molecule has 2 aromatic rings. The first kappa shape index (κ1) is 17.5. The number of hydrogen-bond donors (Lipinski definition) is 3. The van der Waals surface area contributed by atoms with Crippen LogP contribution < -0.4 is 16.0 Å². The normalized spacial score (nSPS) is 9.92. The van der Waals surface area contributed by atoms with E-state index in [4.69, 9.17) is 11.6 Å². The molecule has 0 radical (unpaired) electrons. The van der Waals surface area contributed by atoms with Crippen molar-refractivity contribution >= 4 is 46.4 Å². The SMILES string of the molecule is CC(=O)Nc1cccc(NC(=O)CC(=O)Nc2cccc(Cl)c2)c1. The van der Waals surface area contributed by atoms with E-state index in [2.05, 4.69) is 16.0 Å². The highest BCUT2D eigenvalue weighted by Gasteiger charge is 2.10. The summed E-state index contributed by atoms with van der Waals surface area (Å²) in [7, 11) is 0. The summed E-state index contributed by atoms with van der Waals surface area (Å²) >= 11 is 5.83. The van der Waals surface area contributed by atoms with Crippen molar-refractivity contribution in [1.82, 2.24) is 0 Å². The Morgan fingerprint density at radius 1 is 0.833 bits per heavy atom. The van der Waals surface area contributed by atoms with E-state index >= 15 is 0 Å². The van der Waals surface area contributed by atoms with Gasteiger partial charge in [-0.15, -0.1) is 0 Å². The number of hydrogen-bond acceptors (Lipinski definition) is 3. The van der Waals surface area contributed by atoms with Crippen molar-refractivity contribution in [3.05, 3.63) is 53.6 Å². The number of benzene rings is 2. The smallest absolute Gasteiger partial charge is 0.233 e. The van der Waals surface area contributed by atoms with Gasteiger partial charge in [0.25, 0.3) is 0 Å². The summed E-state index contributed by atoms with van der Waals surface area (Å²) in [6.45, 7) is 1.39. The second-order valence-corrected chi connectivity index (χ2v) is 5.48. The number of nitrogens with one attached hydrogen (secondary N) is 3. The molecule has 0 bridgehead atoms. The highest BCUT2D eigenvalue weighted by atomic mass is 35.5. The molecule has 0 spiro atoms. The number of halogens is 1. The lowest BCUT2D eigenvalue weighted by molar-refractivity contribution is -0.123. The molecule has 0 atom stereocenters. The van der Waals surface area contributed by atoms with Gasteiger partial charge in [-0.3, -0.25) is 14.4 Å².